The second-order valence-electron chi connectivity index (χ2n) is 6.62. The molecule has 0 aliphatic heterocycles. The average molecular weight is 478 g/mol. The van der Waals surface area contributed by atoms with Gasteiger partial charge in [0.25, 0.3) is 11.2 Å². The molecule has 1 aromatic heterocycles. The molecule has 0 unspecified atom stereocenters. The van der Waals surface area contributed by atoms with E-state index < -0.39 is 4.92 Å². The number of rotatable bonds is 5. The van der Waals surface area contributed by atoms with Crippen LogP contribution in [0.4, 0.5) is 5.69 Å². The molecule has 0 saturated heterocycles. The second-order valence-corrected chi connectivity index (χ2v) is 7.54. The predicted octanol–water partition coefficient (Wildman–Crippen LogP) is 5.24. The molecule has 4 aromatic rings. The molecule has 0 radical (unpaired) electrons. The van der Waals surface area contributed by atoms with Crippen LogP contribution >= 0.6 is 15.9 Å². The van der Waals surface area contributed by atoms with Crippen LogP contribution in [0.2, 0.25) is 0 Å². The Bertz CT molecular complexity index is 1380. The third kappa shape index (κ3) is 4.10. The Balaban J connectivity index is 1.92. The third-order valence-corrected chi connectivity index (χ3v) is 5.22. The number of methoxy groups -OCH3 is 1. The maximum Gasteiger partial charge on any atom is 0.269 e. The summed E-state index contributed by atoms with van der Waals surface area (Å²) < 4.78 is 7.73. The Kier molecular flexibility index (Phi) is 5.64. The number of fused-ring (bicyclic) bond motifs is 1. The maximum atomic E-state index is 13.3. The highest BCUT2D eigenvalue weighted by Gasteiger charge is 2.13. The summed E-state index contributed by atoms with van der Waals surface area (Å²) in [5, 5.41) is 11.5. The van der Waals surface area contributed by atoms with E-state index in [0.29, 0.717) is 28.2 Å². The lowest BCUT2D eigenvalue weighted by atomic mass is 10.1. The van der Waals surface area contributed by atoms with Crippen LogP contribution in [0.25, 0.3) is 28.7 Å². The summed E-state index contributed by atoms with van der Waals surface area (Å²) in [7, 11) is 1.58. The summed E-state index contributed by atoms with van der Waals surface area (Å²) in [6, 6.07) is 18.5. The summed E-state index contributed by atoms with van der Waals surface area (Å²) in [5.41, 5.74) is 1.53. The number of hydrogen-bond donors (Lipinski definition) is 0. The molecule has 0 aliphatic carbocycles. The first-order chi connectivity index (χ1) is 15.0. The number of para-hydroxylation sites is 1. The monoisotopic (exact) mass is 477 g/mol. The summed E-state index contributed by atoms with van der Waals surface area (Å²) in [6.07, 6.45) is 3.53. The Morgan fingerprint density at radius 1 is 1.06 bits per heavy atom. The molecule has 0 N–H and O–H groups in total. The van der Waals surface area contributed by atoms with Gasteiger partial charge in [-0.3, -0.25) is 19.5 Å². The first-order valence-electron chi connectivity index (χ1n) is 9.26. The van der Waals surface area contributed by atoms with Crippen molar-refractivity contribution in [1.82, 2.24) is 9.55 Å². The zero-order valence-corrected chi connectivity index (χ0v) is 17.9. The third-order valence-electron chi connectivity index (χ3n) is 4.72. The summed E-state index contributed by atoms with van der Waals surface area (Å²) in [6.45, 7) is 0. The van der Waals surface area contributed by atoms with E-state index in [0.717, 1.165) is 10.0 Å². The molecule has 0 saturated carbocycles. The van der Waals surface area contributed by atoms with Crippen molar-refractivity contribution in [1.29, 1.82) is 0 Å². The van der Waals surface area contributed by atoms with E-state index >= 15 is 0 Å². The number of benzene rings is 3. The van der Waals surface area contributed by atoms with E-state index in [1.807, 2.05) is 30.3 Å². The molecule has 0 spiro atoms. The lowest BCUT2D eigenvalue weighted by Crippen LogP contribution is -2.22. The number of halogens is 1. The van der Waals surface area contributed by atoms with Crippen molar-refractivity contribution in [2.24, 2.45) is 0 Å². The van der Waals surface area contributed by atoms with Gasteiger partial charge in [-0.05, 0) is 54.6 Å². The Morgan fingerprint density at radius 3 is 2.52 bits per heavy atom. The molecule has 4 rings (SSSR count). The van der Waals surface area contributed by atoms with Gasteiger partial charge in [-0.1, -0.05) is 28.1 Å². The van der Waals surface area contributed by atoms with Gasteiger partial charge in [0.15, 0.2) is 0 Å². The first kappa shape index (κ1) is 20.5. The van der Waals surface area contributed by atoms with Gasteiger partial charge in [-0.15, -0.1) is 0 Å². The SMILES string of the molecule is COc1ccc(Br)cc1/C=C/c1nc2ccccc2c(=O)n1-c1ccc([N+](=O)[O-])cc1. The fourth-order valence-corrected chi connectivity index (χ4v) is 3.61. The number of nitro benzene ring substituents is 1. The highest BCUT2D eigenvalue weighted by atomic mass is 79.9. The van der Waals surface area contributed by atoms with Gasteiger partial charge in [-0.25, -0.2) is 4.98 Å². The molecule has 0 bridgehead atoms. The maximum absolute atomic E-state index is 13.3. The zero-order valence-electron chi connectivity index (χ0n) is 16.4. The van der Waals surface area contributed by atoms with Gasteiger partial charge in [0.2, 0.25) is 0 Å². The van der Waals surface area contributed by atoms with Gasteiger partial charge in [0, 0.05) is 22.2 Å². The van der Waals surface area contributed by atoms with E-state index in [1.54, 1.807) is 31.4 Å². The quantitative estimate of drug-likeness (QED) is 0.289. The van der Waals surface area contributed by atoms with Crippen LogP contribution in [0.15, 0.2) is 76.0 Å². The van der Waals surface area contributed by atoms with Crippen LogP contribution < -0.4 is 10.3 Å². The summed E-state index contributed by atoms with van der Waals surface area (Å²) in [4.78, 5) is 28.5. The van der Waals surface area contributed by atoms with E-state index in [4.69, 9.17) is 4.74 Å². The van der Waals surface area contributed by atoms with E-state index in [2.05, 4.69) is 20.9 Å². The normalized spacial score (nSPS) is 11.2. The highest BCUT2D eigenvalue weighted by molar-refractivity contribution is 9.10. The standard InChI is InChI=1S/C23H16BrN3O4/c1-31-21-12-7-16(24)14-15(21)6-13-22-25-20-5-3-2-4-19(20)23(28)26(22)17-8-10-18(11-9-17)27(29)30/h2-14H,1H3/b13-6+. The van der Waals surface area contributed by atoms with Crippen molar-refractivity contribution in [3.63, 3.8) is 0 Å². The largest absolute Gasteiger partial charge is 0.496 e. The van der Waals surface area contributed by atoms with Gasteiger partial charge in [0.1, 0.15) is 11.6 Å². The Hall–Kier alpha value is -3.78. The Morgan fingerprint density at radius 2 is 1.81 bits per heavy atom. The molecule has 0 atom stereocenters. The predicted molar refractivity (Wildman–Crippen MR) is 124 cm³/mol. The first-order valence-corrected chi connectivity index (χ1v) is 10.1. The molecular formula is C23H16BrN3O4. The lowest BCUT2D eigenvalue weighted by Gasteiger charge is -2.11. The Labute approximate surface area is 185 Å². The van der Waals surface area contributed by atoms with Crippen LogP contribution in [0.1, 0.15) is 11.4 Å². The lowest BCUT2D eigenvalue weighted by molar-refractivity contribution is -0.384. The van der Waals surface area contributed by atoms with E-state index in [-0.39, 0.29) is 11.2 Å². The van der Waals surface area contributed by atoms with E-state index in [1.165, 1.54) is 28.8 Å². The molecule has 31 heavy (non-hydrogen) atoms. The summed E-state index contributed by atoms with van der Waals surface area (Å²) in [5.74, 6) is 1.06. The molecule has 0 fully saturated rings. The minimum absolute atomic E-state index is 0.0542. The number of ether oxygens (including phenoxy) is 1. The molecule has 8 heteroatoms. The number of nitrogens with zero attached hydrogens (tertiary/aromatic N) is 3. The van der Waals surface area contributed by atoms with Crippen molar-refractivity contribution < 1.29 is 9.66 Å². The van der Waals surface area contributed by atoms with Crippen molar-refractivity contribution in [3.8, 4) is 11.4 Å². The zero-order chi connectivity index (χ0) is 22.0. The van der Waals surface area contributed by atoms with Crippen LogP contribution in [0.3, 0.4) is 0 Å². The smallest absolute Gasteiger partial charge is 0.269 e. The van der Waals surface area contributed by atoms with Gasteiger partial charge in [-0.2, -0.15) is 0 Å². The summed E-state index contributed by atoms with van der Waals surface area (Å²) >= 11 is 3.45. The molecule has 0 aliphatic rings. The van der Waals surface area contributed by atoms with Crippen molar-refractivity contribution in [2.75, 3.05) is 7.11 Å². The van der Waals surface area contributed by atoms with Crippen molar-refractivity contribution in [2.45, 2.75) is 0 Å². The molecule has 3 aromatic carbocycles. The van der Waals surface area contributed by atoms with Crippen LogP contribution in [0, 0.1) is 10.1 Å². The number of aromatic nitrogens is 2. The number of nitro groups is 1. The van der Waals surface area contributed by atoms with Crippen molar-refractivity contribution in [3.05, 3.63) is 103 Å². The van der Waals surface area contributed by atoms with Crippen molar-refractivity contribution >= 4 is 44.7 Å². The fourth-order valence-electron chi connectivity index (χ4n) is 3.23. The molecule has 154 valence electrons. The average Bonchev–Trinajstić information content (AvgIpc) is 2.78. The molecule has 1 heterocycles. The molecule has 0 amide bonds. The number of non-ortho nitro benzene ring substituents is 1. The molecular weight excluding hydrogens is 462 g/mol. The minimum atomic E-state index is -0.481. The van der Waals surface area contributed by atoms with Crippen LogP contribution in [-0.2, 0) is 0 Å². The topological polar surface area (TPSA) is 87.3 Å². The molecule has 7 nitrogen and oxygen atoms in total. The second kappa shape index (κ2) is 8.53. The van der Waals surface area contributed by atoms with Gasteiger partial charge >= 0.3 is 0 Å². The van der Waals surface area contributed by atoms with Crippen LogP contribution in [-0.4, -0.2) is 21.6 Å². The highest BCUT2D eigenvalue weighted by Crippen LogP contribution is 2.25. The number of hydrogen-bond acceptors (Lipinski definition) is 5. The minimum Gasteiger partial charge on any atom is -0.496 e. The van der Waals surface area contributed by atoms with Crippen LogP contribution in [0.5, 0.6) is 5.75 Å². The van der Waals surface area contributed by atoms with Gasteiger partial charge < -0.3 is 4.74 Å². The van der Waals surface area contributed by atoms with E-state index in [9.17, 15) is 14.9 Å². The van der Waals surface area contributed by atoms with Gasteiger partial charge in [0.05, 0.1) is 28.6 Å². The fraction of sp³-hybridized carbons (Fsp3) is 0.0435.